The number of aliphatic imine (C=N–C) groups is 1. The van der Waals surface area contributed by atoms with Crippen LogP contribution in [0.3, 0.4) is 0 Å². The Morgan fingerprint density at radius 1 is 1.19 bits per heavy atom. The Morgan fingerprint density at radius 2 is 1.91 bits per heavy atom. The number of aromatic amines is 1. The lowest BCUT2D eigenvalue weighted by Crippen LogP contribution is -2.27. The minimum atomic E-state index is 0.0778. The fourth-order valence-electron chi connectivity index (χ4n) is 4.11. The lowest BCUT2D eigenvalue weighted by atomic mass is 9.97. The van der Waals surface area contributed by atoms with E-state index in [1.807, 2.05) is 54.3 Å². The number of likely N-dealkylation sites (tertiary alicyclic amines) is 1. The molecule has 0 spiro atoms. The number of anilines is 2. The number of hydrogen-bond donors (Lipinski definition) is 4. The minimum absolute atomic E-state index is 0.0778. The van der Waals surface area contributed by atoms with Gasteiger partial charge in [-0.15, -0.1) is 0 Å². The van der Waals surface area contributed by atoms with E-state index in [0.717, 1.165) is 53.9 Å². The molecule has 1 aliphatic heterocycles. The van der Waals surface area contributed by atoms with Gasteiger partial charge in [-0.2, -0.15) is 0 Å². The number of nitrogens with zero attached hydrogens (tertiary/aromatic N) is 2. The first kappa shape index (κ1) is 21.4. The number of amides is 1. The first-order chi connectivity index (χ1) is 15.5. The summed E-state index contributed by atoms with van der Waals surface area (Å²) in [5, 5.41) is 9.40. The molecule has 0 bridgehead atoms. The number of carbonyl (C=O) groups is 1. The van der Waals surface area contributed by atoms with Gasteiger partial charge in [0.1, 0.15) is 5.82 Å². The van der Waals surface area contributed by atoms with E-state index < -0.39 is 0 Å². The molecule has 3 aromatic rings. The molecule has 0 atom stereocenters. The summed E-state index contributed by atoms with van der Waals surface area (Å²) >= 11 is 0. The summed E-state index contributed by atoms with van der Waals surface area (Å²) in [7, 11) is 0. The zero-order chi connectivity index (χ0) is 22.7. The predicted molar refractivity (Wildman–Crippen MR) is 128 cm³/mol. The van der Waals surface area contributed by atoms with Gasteiger partial charge in [0, 0.05) is 41.7 Å². The van der Waals surface area contributed by atoms with Gasteiger partial charge in [-0.25, -0.2) is 0 Å². The number of H-pyrrole nitrogens is 1. The molecular formula is C25H27N5O2. The molecule has 0 radical (unpaired) electrons. The number of rotatable bonds is 6. The molecule has 5 N–H and O–H groups in total. The van der Waals surface area contributed by atoms with Crippen LogP contribution in [0.5, 0.6) is 0 Å². The lowest BCUT2D eigenvalue weighted by Gasteiger charge is -2.15. The number of nitrogen functional groups attached to an aromatic ring is 1. The van der Waals surface area contributed by atoms with Crippen molar-refractivity contribution in [3.8, 4) is 11.3 Å². The molecule has 2 heterocycles. The Kier molecular flexibility index (Phi) is 6.09. The molecule has 0 unspecified atom stereocenters. The van der Waals surface area contributed by atoms with Gasteiger partial charge in [-0.3, -0.25) is 20.5 Å². The van der Waals surface area contributed by atoms with Crippen LogP contribution < -0.4 is 11.2 Å². The van der Waals surface area contributed by atoms with E-state index in [-0.39, 0.29) is 5.91 Å². The van der Waals surface area contributed by atoms with Crippen LogP contribution in [-0.4, -0.2) is 39.8 Å². The van der Waals surface area contributed by atoms with E-state index in [1.54, 1.807) is 6.07 Å². The maximum atomic E-state index is 12.6. The molecule has 1 amide bonds. The van der Waals surface area contributed by atoms with Crippen LogP contribution in [0.25, 0.3) is 11.3 Å². The Hall–Kier alpha value is -3.84. The van der Waals surface area contributed by atoms with Crippen LogP contribution in [-0.2, 0) is 0 Å². The third-order valence-corrected chi connectivity index (χ3v) is 5.87. The molecule has 0 aliphatic carbocycles. The van der Waals surface area contributed by atoms with Crippen molar-refractivity contribution in [1.82, 2.24) is 9.88 Å². The largest absolute Gasteiger partial charge is 0.385 e. The standard InChI is InChI=1S/C25H27N5O2/c1-3-27-23(19-7-6-8-21(29-32)16(19)2)20-15-22(28-24(20)26)17-9-11-18(12-10-17)25(31)30-13-4-5-14-30/h3,6-12,15,28-29,32H,1,4-5,13-14,26H2,2H3/b27-23-. The summed E-state index contributed by atoms with van der Waals surface area (Å²) in [6.45, 7) is 7.29. The van der Waals surface area contributed by atoms with E-state index in [9.17, 15) is 10.0 Å². The fourth-order valence-corrected chi connectivity index (χ4v) is 4.11. The zero-order valence-corrected chi connectivity index (χ0v) is 18.1. The summed E-state index contributed by atoms with van der Waals surface area (Å²) < 4.78 is 0. The fraction of sp³-hybridized carbons (Fsp3) is 0.200. The van der Waals surface area contributed by atoms with Crippen LogP contribution in [0.4, 0.5) is 11.5 Å². The zero-order valence-electron chi connectivity index (χ0n) is 18.1. The van der Waals surface area contributed by atoms with Crippen LogP contribution in [0.15, 0.2) is 66.3 Å². The number of aromatic nitrogens is 1. The average Bonchev–Trinajstić information content (AvgIpc) is 3.48. The molecular weight excluding hydrogens is 402 g/mol. The van der Waals surface area contributed by atoms with Gasteiger partial charge >= 0.3 is 0 Å². The van der Waals surface area contributed by atoms with Crippen molar-refractivity contribution in [1.29, 1.82) is 0 Å². The van der Waals surface area contributed by atoms with Gasteiger partial charge < -0.3 is 15.6 Å². The van der Waals surface area contributed by atoms with Crippen LogP contribution in [0.1, 0.15) is 39.9 Å². The summed E-state index contributed by atoms with van der Waals surface area (Å²) in [5.41, 5.74) is 14.6. The second-order valence-electron chi connectivity index (χ2n) is 7.84. The van der Waals surface area contributed by atoms with Crippen LogP contribution >= 0.6 is 0 Å². The van der Waals surface area contributed by atoms with E-state index in [1.165, 1.54) is 6.20 Å². The van der Waals surface area contributed by atoms with Gasteiger partial charge in [0.2, 0.25) is 0 Å². The van der Waals surface area contributed by atoms with Crippen LogP contribution in [0, 0.1) is 6.92 Å². The second-order valence-corrected chi connectivity index (χ2v) is 7.84. The SMILES string of the molecule is C=C/N=C(\c1cc(-c2ccc(C(=O)N3CCCC3)cc2)[nH]c1N)c1cccc(NO)c1C. The Labute approximate surface area is 187 Å². The molecule has 32 heavy (non-hydrogen) atoms. The van der Waals surface area contributed by atoms with Gasteiger partial charge in [0.25, 0.3) is 5.91 Å². The van der Waals surface area contributed by atoms with Crippen molar-refractivity contribution in [2.24, 2.45) is 4.99 Å². The van der Waals surface area contributed by atoms with Crippen molar-refractivity contribution < 1.29 is 10.0 Å². The maximum Gasteiger partial charge on any atom is 0.253 e. The Morgan fingerprint density at radius 3 is 2.56 bits per heavy atom. The Bertz CT molecular complexity index is 1170. The Balaban J connectivity index is 1.67. The third-order valence-electron chi connectivity index (χ3n) is 5.87. The van der Waals surface area contributed by atoms with E-state index >= 15 is 0 Å². The lowest BCUT2D eigenvalue weighted by molar-refractivity contribution is 0.0793. The van der Waals surface area contributed by atoms with Crippen molar-refractivity contribution in [3.63, 3.8) is 0 Å². The third kappa shape index (κ3) is 4.02. The summed E-state index contributed by atoms with van der Waals surface area (Å²) in [5.74, 6) is 0.550. The highest BCUT2D eigenvalue weighted by Gasteiger charge is 2.20. The summed E-state index contributed by atoms with van der Waals surface area (Å²) in [6.07, 6.45) is 3.61. The topological polar surface area (TPSA) is 107 Å². The first-order valence-corrected chi connectivity index (χ1v) is 10.6. The molecule has 2 aromatic carbocycles. The predicted octanol–water partition coefficient (Wildman–Crippen LogP) is 4.59. The first-order valence-electron chi connectivity index (χ1n) is 10.6. The molecule has 1 aromatic heterocycles. The van der Waals surface area contributed by atoms with Crippen molar-refractivity contribution in [2.45, 2.75) is 19.8 Å². The minimum Gasteiger partial charge on any atom is -0.385 e. The molecule has 1 saturated heterocycles. The van der Waals surface area contributed by atoms with Crippen molar-refractivity contribution in [2.75, 3.05) is 24.3 Å². The number of hydrogen-bond acceptors (Lipinski definition) is 5. The number of nitrogens with two attached hydrogens (primary N) is 1. The highest BCUT2D eigenvalue weighted by Crippen LogP contribution is 2.29. The van der Waals surface area contributed by atoms with Crippen molar-refractivity contribution in [3.05, 3.63) is 83.6 Å². The van der Waals surface area contributed by atoms with Gasteiger partial charge in [0.05, 0.1) is 11.4 Å². The summed E-state index contributed by atoms with van der Waals surface area (Å²) in [6, 6.07) is 15.0. The number of carbonyl (C=O) groups excluding carboxylic acids is 1. The van der Waals surface area contributed by atoms with E-state index in [0.29, 0.717) is 22.8 Å². The molecule has 7 heteroatoms. The average molecular weight is 430 g/mol. The molecule has 1 fully saturated rings. The maximum absolute atomic E-state index is 12.6. The van der Waals surface area contributed by atoms with E-state index in [2.05, 4.69) is 22.0 Å². The molecule has 0 saturated carbocycles. The quantitative estimate of drug-likeness (QED) is 0.340. The molecule has 7 nitrogen and oxygen atoms in total. The summed E-state index contributed by atoms with van der Waals surface area (Å²) in [4.78, 5) is 22.2. The highest BCUT2D eigenvalue weighted by atomic mass is 16.5. The second kappa shape index (κ2) is 9.11. The van der Waals surface area contributed by atoms with Gasteiger partial charge in [-0.05, 0) is 55.2 Å². The van der Waals surface area contributed by atoms with Crippen molar-refractivity contribution >= 4 is 23.1 Å². The number of nitrogens with one attached hydrogen (secondary N) is 2. The van der Waals surface area contributed by atoms with Gasteiger partial charge in [0.15, 0.2) is 0 Å². The molecule has 1 aliphatic rings. The monoisotopic (exact) mass is 429 g/mol. The normalized spacial score (nSPS) is 13.9. The number of benzene rings is 2. The highest BCUT2D eigenvalue weighted by molar-refractivity contribution is 6.17. The van der Waals surface area contributed by atoms with E-state index in [4.69, 9.17) is 5.73 Å². The van der Waals surface area contributed by atoms with Crippen LogP contribution in [0.2, 0.25) is 0 Å². The molecule has 4 rings (SSSR count). The smallest absolute Gasteiger partial charge is 0.253 e. The van der Waals surface area contributed by atoms with Gasteiger partial charge in [-0.1, -0.05) is 30.8 Å². The molecule has 164 valence electrons.